The van der Waals surface area contributed by atoms with Gasteiger partial charge in [0.25, 0.3) is 0 Å². The number of aromatic nitrogens is 2. The van der Waals surface area contributed by atoms with E-state index in [1.807, 2.05) is 11.8 Å². The summed E-state index contributed by atoms with van der Waals surface area (Å²) in [6, 6.07) is 0. The minimum atomic E-state index is 0.479. The van der Waals surface area contributed by atoms with Crippen LogP contribution in [0.5, 0.6) is 0 Å². The first kappa shape index (κ1) is 11.5. The van der Waals surface area contributed by atoms with Crippen molar-refractivity contribution in [2.24, 2.45) is 0 Å². The lowest BCUT2D eigenvalue weighted by molar-refractivity contribution is 0.761. The largest absolute Gasteiger partial charge is 0.235 e. The van der Waals surface area contributed by atoms with Gasteiger partial charge in [0.05, 0.1) is 14.5 Å². The average molecular weight is 367 g/mol. The maximum atomic E-state index is 6.20. The van der Waals surface area contributed by atoms with Crippen LogP contribution in [0.25, 0.3) is 0 Å². The molecule has 2 heterocycles. The van der Waals surface area contributed by atoms with Crippen LogP contribution < -0.4 is 0 Å². The Kier molecular flexibility index (Phi) is 3.32. The lowest BCUT2D eigenvalue weighted by atomic mass is 10.2. The van der Waals surface area contributed by atoms with E-state index < -0.39 is 0 Å². The molecule has 1 atom stereocenters. The Morgan fingerprint density at radius 1 is 1.25 bits per heavy atom. The highest BCUT2D eigenvalue weighted by Crippen LogP contribution is 2.44. The van der Waals surface area contributed by atoms with Crippen molar-refractivity contribution in [1.82, 2.24) is 9.97 Å². The van der Waals surface area contributed by atoms with E-state index >= 15 is 0 Å². The van der Waals surface area contributed by atoms with Crippen molar-refractivity contribution in [1.29, 1.82) is 0 Å². The number of hydrogen-bond donors (Lipinski definition) is 0. The van der Waals surface area contributed by atoms with Crippen molar-refractivity contribution < 1.29 is 0 Å². The Hall–Kier alpha value is 0.450. The molecule has 0 bridgehead atoms. The standard InChI is InChI=1S/C11H12ClIN2S/c12-10-8(13)9(6-3-4-6)14-11(15-10)7-2-1-5-16-7/h6-7H,1-5H2. The van der Waals surface area contributed by atoms with Gasteiger partial charge in [-0.05, 0) is 54.0 Å². The van der Waals surface area contributed by atoms with E-state index in [-0.39, 0.29) is 0 Å². The number of halogens is 2. The van der Waals surface area contributed by atoms with E-state index in [1.165, 1.54) is 37.1 Å². The quantitative estimate of drug-likeness (QED) is 0.580. The molecule has 0 aromatic carbocycles. The molecular weight excluding hydrogens is 355 g/mol. The van der Waals surface area contributed by atoms with Crippen LogP contribution in [0.4, 0.5) is 0 Å². The fourth-order valence-corrected chi connectivity index (χ4v) is 4.08. The third-order valence-electron chi connectivity index (χ3n) is 3.04. The van der Waals surface area contributed by atoms with Gasteiger partial charge in [-0.25, -0.2) is 9.97 Å². The molecule has 0 radical (unpaired) electrons. The van der Waals surface area contributed by atoms with Crippen LogP contribution in [0.3, 0.4) is 0 Å². The summed E-state index contributed by atoms with van der Waals surface area (Å²) >= 11 is 10.4. The van der Waals surface area contributed by atoms with E-state index in [2.05, 4.69) is 27.6 Å². The Labute approximate surface area is 118 Å². The SMILES string of the molecule is Clc1nc(C2CCCS2)nc(C2CC2)c1I. The van der Waals surface area contributed by atoms with Gasteiger partial charge in [-0.3, -0.25) is 0 Å². The highest BCUT2D eigenvalue weighted by atomic mass is 127. The first-order valence-electron chi connectivity index (χ1n) is 5.60. The lowest BCUT2D eigenvalue weighted by Gasteiger charge is -2.11. The summed E-state index contributed by atoms with van der Waals surface area (Å²) in [5.74, 6) is 2.85. The van der Waals surface area contributed by atoms with Gasteiger partial charge in [-0.15, -0.1) is 0 Å². The summed E-state index contributed by atoms with van der Waals surface area (Å²) in [6.07, 6.45) is 5.01. The van der Waals surface area contributed by atoms with Gasteiger partial charge in [0.1, 0.15) is 11.0 Å². The molecule has 1 aromatic heterocycles. The third-order valence-corrected chi connectivity index (χ3v) is 6.06. The van der Waals surface area contributed by atoms with Gasteiger partial charge >= 0.3 is 0 Å². The van der Waals surface area contributed by atoms with E-state index in [0.717, 1.165) is 9.39 Å². The number of hydrogen-bond acceptors (Lipinski definition) is 3. The average Bonchev–Trinajstić information content (AvgIpc) is 2.96. The molecule has 16 heavy (non-hydrogen) atoms. The molecule has 0 N–H and O–H groups in total. The van der Waals surface area contributed by atoms with Gasteiger partial charge in [0.2, 0.25) is 0 Å². The zero-order valence-electron chi connectivity index (χ0n) is 8.75. The Balaban J connectivity index is 1.98. The van der Waals surface area contributed by atoms with Crippen molar-refractivity contribution >= 4 is 46.0 Å². The molecule has 1 aromatic rings. The molecule has 86 valence electrons. The molecule has 2 nitrogen and oxygen atoms in total. The van der Waals surface area contributed by atoms with Gasteiger partial charge in [0.15, 0.2) is 0 Å². The normalized spacial score (nSPS) is 25.0. The number of nitrogens with zero attached hydrogens (tertiary/aromatic N) is 2. The molecule has 5 heteroatoms. The molecule has 2 aliphatic rings. The van der Waals surface area contributed by atoms with Gasteiger partial charge < -0.3 is 0 Å². The maximum Gasteiger partial charge on any atom is 0.146 e. The van der Waals surface area contributed by atoms with Crippen LogP contribution in [-0.4, -0.2) is 15.7 Å². The summed E-state index contributed by atoms with van der Waals surface area (Å²) < 4.78 is 1.06. The van der Waals surface area contributed by atoms with Crippen molar-refractivity contribution in [2.75, 3.05) is 5.75 Å². The van der Waals surface area contributed by atoms with E-state index in [1.54, 1.807) is 0 Å². The van der Waals surface area contributed by atoms with Crippen LogP contribution in [0.2, 0.25) is 5.15 Å². The molecule has 0 amide bonds. The first-order valence-corrected chi connectivity index (χ1v) is 8.10. The summed E-state index contributed by atoms with van der Waals surface area (Å²) in [5.41, 5.74) is 1.20. The second-order valence-electron chi connectivity index (χ2n) is 4.35. The van der Waals surface area contributed by atoms with Gasteiger partial charge in [-0.2, -0.15) is 11.8 Å². The van der Waals surface area contributed by atoms with Crippen LogP contribution in [0.1, 0.15) is 48.4 Å². The van der Waals surface area contributed by atoms with Crippen LogP contribution >= 0.6 is 46.0 Å². The topological polar surface area (TPSA) is 25.8 Å². The van der Waals surface area contributed by atoms with Crippen molar-refractivity contribution in [3.8, 4) is 0 Å². The highest BCUT2D eigenvalue weighted by molar-refractivity contribution is 14.1. The fourth-order valence-electron chi connectivity index (χ4n) is 2.01. The van der Waals surface area contributed by atoms with E-state index in [4.69, 9.17) is 16.6 Å². The van der Waals surface area contributed by atoms with Crippen molar-refractivity contribution in [3.05, 3.63) is 20.2 Å². The van der Waals surface area contributed by atoms with E-state index in [9.17, 15) is 0 Å². The van der Waals surface area contributed by atoms with Crippen molar-refractivity contribution in [3.63, 3.8) is 0 Å². The number of rotatable bonds is 2. The minimum Gasteiger partial charge on any atom is -0.235 e. The minimum absolute atomic E-state index is 0.479. The molecule has 1 aliphatic heterocycles. The van der Waals surface area contributed by atoms with Crippen LogP contribution in [0, 0.1) is 3.57 Å². The first-order chi connectivity index (χ1) is 7.75. The summed E-state index contributed by atoms with van der Waals surface area (Å²) in [5, 5.41) is 1.13. The lowest BCUT2D eigenvalue weighted by Crippen LogP contribution is -2.04. The summed E-state index contributed by atoms with van der Waals surface area (Å²) in [4.78, 5) is 9.20. The fraction of sp³-hybridized carbons (Fsp3) is 0.636. The predicted octanol–water partition coefficient (Wildman–Crippen LogP) is 4.18. The molecule has 1 unspecified atom stereocenters. The molecular formula is C11H12ClIN2S. The molecule has 0 spiro atoms. The molecule has 1 saturated carbocycles. The maximum absolute atomic E-state index is 6.20. The van der Waals surface area contributed by atoms with E-state index in [0.29, 0.717) is 16.3 Å². The number of thioether (sulfide) groups is 1. The Morgan fingerprint density at radius 3 is 2.69 bits per heavy atom. The Morgan fingerprint density at radius 2 is 2.06 bits per heavy atom. The molecule has 3 rings (SSSR count). The zero-order valence-corrected chi connectivity index (χ0v) is 12.5. The third kappa shape index (κ3) is 2.20. The molecule has 2 fully saturated rings. The second-order valence-corrected chi connectivity index (χ2v) is 7.10. The predicted molar refractivity (Wildman–Crippen MR) is 76.2 cm³/mol. The summed E-state index contributed by atoms with van der Waals surface area (Å²) in [6.45, 7) is 0. The van der Waals surface area contributed by atoms with Crippen molar-refractivity contribution in [2.45, 2.75) is 36.9 Å². The monoisotopic (exact) mass is 366 g/mol. The van der Waals surface area contributed by atoms with Gasteiger partial charge in [0, 0.05) is 5.92 Å². The molecule has 1 saturated heterocycles. The van der Waals surface area contributed by atoms with Gasteiger partial charge in [-0.1, -0.05) is 11.6 Å². The smallest absolute Gasteiger partial charge is 0.146 e. The Bertz CT molecular complexity index is 417. The van der Waals surface area contributed by atoms with Crippen LogP contribution in [-0.2, 0) is 0 Å². The zero-order chi connectivity index (χ0) is 11.1. The molecule has 1 aliphatic carbocycles. The summed E-state index contributed by atoms with van der Waals surface area (Å²) in [7, 11) is 0. The highest BCUT2D eigenvalue weighted by Gasteiger charge is 2.31. The second kappa shape index (κ2) is 4.61. The van der Waals surface area contributed by atoms with Crippen LogP contribution in [0.15, 0.2) is 0 Å².